The van der Waals surface area contributed by atoms with Gasteiger partial charge in [-0.2, -0.15) is 0 Å². The fourth-order valence-corrected chi connectivity index (χ4v) is 5.22. The van der Waals surface area contributed by atoms with Crippen LogP contribution >= 0.6 is 0 Å². The van der Waals surface area contributed by atoms with Gasteiger partial charge in [0.25, 0.3) is 0 Å². The van der Waals surface area contributed by atoms with Crippen LogP contribution in [-0.4, -0.2) is 10.1 Å². The lowest BCUT2D eigenvalue weighted by Crippen LogP contribution is -2.19. The molecule has 0 fully saturated rings. The maximum atomic E-state index is 10.5. The van der Waals surface area contributed by atoms with E-state index in [4.69, 9.17) is 0 Å². The van der Waals surface area contributed by atoms with Gasteiger partial charge in [-0.15, -0.1) is 0 Å². The van der Waals surface area contributed by atoms with Crippen LogP contribution in [0.4, 0.5) is 0 Å². The number of benzene rings is 2. The Kier molecular flexibility index (Phi) is 3.16. The van der Waals surface area contributed by atoms with Crippen LogP contribution in [0, 0.1) is 0 Å². The molecule has 2 N–H and O–H groups in total. The normalized spacial score (nSPS) is 20.0. The molecule has 1 aromatic heterocycles. The Morgan fingerprint density at radius 2 is 1.96 bits per heavy atom. The number of phenolic OH excluding ortho intramolecular Hbond substituents is 1. The van der Waals surface area contributed by atoms with Crippen LogP contribution in [0.15, 0.2) is 78.1 Å². The molecular weight excluding hydrogens is 342 g/mol. The van der Waals surface area contributed by atoms with E-state index >= 15 is 0 Å². The third kappa shape index (κ3) is 2.03. The predicted molar refractivity (Wildman–Crippen MR) is 115 cm³/mol. The summed E-state index contributed by atoms with van der Waals surface area (Å²) in [6, 6.07) is 10.3. The summed E-state index contributed by atoms with van der Waals surface area (Å²) in [5, 5.41) is 11.4. The molecule has 2 unspecified atom stereocenters. The first-order chi connectivity index (χ1) is 13.7. The third-order valence-corrected chi connectivity index (χ3v) is 6.59. The van der Waals surface area contributed by atoms with Gasteiger partial charge in [0.1, 0.15) is 5.75 Å². The molecule has 0 spiro atoms. The van der Waals surface area contributed by atoms with Crippen molar-refractivity contribution in [2.75, 3.05) is 0 Å². The molecule has 0 bridgehead atoms. The van der Waals surface area contributed by atoms with Crippen LogP contribution in [0.25, 0.3) is 17.0 Å². The number of H-pyrrole nitrogens is 1. The molecule has 3 aliphatic carbocycles. The van der Waals surface area contributed by atoms with Gasteiger partial charge < -0.3 is 10.1 Å². The van der Waals surface area contributed by atoms with Gasteiger partial charge in [-0.1, -0.05) is 61.6 Å². The molecular formula is C26H21NO. The molecule has 2 nitrogen and oxygen atoms in total. The van der Waals surface area contributed by atoms with Crippen LogP contribution in [0.1, 0.15) is 46.6 Å². The van der Waals surface area contributed by atoms with Crippen molar-refractivity contribution in [2.24, 2.45) is 0 Å². The molecule has 3 aromatic rings. The number of rotatable bonds is 2. The molecule has 0 aliphatic heterocycles. The highest BCUT2D eigenvalue weighted by Gasteiger charge is 2.32. The molecule has 0 saturated heterocycles. The lowest BCUT2D eigenvalue weighted by atomic mass is 9.69. The molecule has 2 aromatic carbocycles. The first-order valence-corrected chi connectivity index (χ1v) is 9.93. The Morgan fingerprint density at radius 3 is 2.89 bits per heavy atom. The van der Waals surface area contributed by atoms with E-state index in [1.54, 1.807) is 6.07 Å². The van der Waals surface area contributed by atoms with Crippen molar-refractivity contribution < 1.29 is 5.11 Å². The number of nitrogens with one attached hydrogen (secondary N) is 1. The van der Waals surface area contributed by atoms with Gasteiger partial charge in [0.2, 0.25) is 0 Å². The zero-order valence-corrected chi connectivity index (χ0v) is 15.7. The first-order valence-electron chi connectivity index (χ1n) is 9.93. The zero-order valence-electron chi connectivity index (χ0n) is 15.7. The van der Waals surface area contributed by atoms with Crippen molar-refractivity contribution in [3.8, 4) is 5.75 Å². The van der Waals surface area contributed by atoms with Gasteiger partial charge in [0.05, 0.1) is 0 Å². The Labute approximate surface area is 164 Å². The van der Waals surface area contributed by atoms with Crippen molar-refractivity contribution >= 4 is 17.0 Å². The minimum absolute atomic E-state index is 0.186. The van der Waals surface area contributed by atoms with Gasteiger partial charge in [-0.3, -0.25) is 0 Å². The number of allylic oxidation sites excluding steroid dienone is 7. The molecule has 2 atom stereocenters. The van der Waals surface area contributed by atoms with E-state index in [-0.39, 0.29) is 5.92 Å². The standard InChI is InChI=1S/C26H21NO/c1-15(21-14-27-22-6-3-7-23(28)26(21)22)19-12-10-18-9-8-16-4-2-5-17-11-13-20(19)25(18)24(16)17/h2-8,10-15,24,27-28H,9H2,1H3. The maximum Gasteiger partial charge on any atom is 0.125 e. The molecule has 0 amide bonds. The van der Waals surface area contributed by atoms with Gasteiger partial charge in [0.15, 0.2) is 0 Å². The van der Waals surface area contributed by atoms with E-state index < -0.39 is 0 Å². The lowest BCUT2D eigenvalue weighted by Gasteiger charge is -2.34. The van der Waals surface area contributed by atoms with Crippen molar-refractivity contribution in [3.05, 3.63) is 106 Å². The highest BCUT2D eigenvalue weighted by atomic mass is 16.3. The number of fused-ring (bicyclic) bond motifs is 1. The van der Waals surface area contributed by atoms with Crippen molar-refractivity contribution in [1.82, 2.24) is 4.98 Å². The molecule has 0 saturated carbocycles. The van der Waals surface area contributed by atoms with E-state index in [2.05, 4.69) is 60.5 Å². The smallest absolute Gasteiger partial charge is 0.125 e. The summed E-state index contributed by atoms with van der Waals surface area (Å²) < 4.78 is 0. The highest BCUT2D eigenvalue weighted by molar-refractivity contribution is 5.90. The van der Waals surface area contributed by atoms with E-state index in [0.29, 0.717) is 11.7 Å². The molecule has 3 aliphatic rings. The number of aromatic nitrogens is 1. The summed E-state index contributed by atoms with van der Waals surface area (Å²) in [6.45, 7) is 2.24. The topological polar surface area (TPSA) is 36.0 Å². The second-order valence-electron chi connectivity index (χ2n) is 8.01. The van der Waals surface area contributed by atoms with Gasteiger partial charge in [-0.05, 0) is 57.5 Å². The number of phenols is 1. The monoisotopic (exact) mass is 363 g/mol. The zero-order chi connectivity index (χ0) is 18.8. The molecule has 136 valence electrons. The van der Waals surface area contributed by atoms with Crippen LogP contribution in [-0.2, 0) is 6.42 Å². The maximum absolute atomic E-state index is 10.5. The van der Waals surface area contributed by atoms with Crippen LogP contribution < -0.4 is 0 Å². The molecule has 28 heavy (non-hydrogen) atoms. The summed E-state index contributed by atoms with van der Waals surface area (Å²) in [4.78, 5) is 3.33. The summed E-state index contributed by atoms with van der Waals surface area (Å²) in [7, 11) is 0. The fourth-order valence-electron chi connectivity index (χ4n) is 5.22. The van der Waals surface area contributed by atoms with Crippen molar-refractivity contribution in [2.45, 2.75) is 25.2 Å². The van der Waals surface area contributed by atoms with Gasteiger partial charge >= 0.3 is 0 Å². The summed E-state index contributed by atoms with van der Waals surface area (Å²) in [6.07, 6.45) is 16.7. The fraction of sp³-hybridized carbons (Fsp3) is 0.154. The van der Waals surface area contributed by atoms with E-state index in [1.165, 1.54) is 33.4 Å². The van der Waals surface area contributed by atoms with E-state index in [1.807, 2.05) is 18.3 Å². The molecule has 1 heterocycles. The molecule has 2 heteroatoms. The van der Waals surface area contributed by atoms with Crippen LogP contribution in [0.5, 0.6) is 5.75 Å². The number of hydrogen-bond donors (Lipinski definition) is 2. The Bertz CT molecular complexity index is 1270. The van der Waals surface area contributed by atoms with E-state index in [0.717, 1.165) is 22.9 Å². The van der Waals surface area contributed by atoms with Crippen molar-refractivity contribution in [1.29, 1.82) is 0 Å². The summed E-state index contributed by atoms with van der Waals surface area (Å²) in [5.41, 5.74) is 10.5. The third-order valence-electron chi connectivity index (χ3n) is 6.59. The predicted octanol–water partition coefficient (Wildman–Crippen LogP) is 6.11. The number of aromatic hydroxyl groups is 1. The lowest BCUT2D eigenvalue weighted by molar-refractivity contribution is 0.481. The van der Waals surface area contributed by atoms with E-state index in [9.17, 15) is 5.11 Å². The quantitative estimate of drug-likeness (QED) is 0.566. The second kappa shape index (κ2) is 5.62. The highest BCUT2D eigenvalue weighted by Crippen LogP contribution is 2.48. The summed E-state index contributed by atoms with van der Waals surface area (Å²) in [5.74, 6) is 0.902. The molecule has 0 radical (unpaired) electrons. The van der Waals surface area contributed by atoms with Gasteiger partial charge in [0, 0.05) is 28.9 Å². The minimum Gasteiger partial charge on any atom is -0.507 e. The first kappa shape index (κ1) is 15.8. The van der Waals surface area contributed by atoms with Crippen molar-refractivity contribution in [3.63, 3.8) is 0 Å². The largest absolute Gasteiger partial charge is 0.507 e. The molecule has 6 rings (SSSR count). The number of hydrogen-bond acceptors (Lipinski definition) is 1. The summed E-state index contributed by atoms with van der Waals surface area (Å²) >= 11 is 0. The SMILES string of the molecule is CC(c1ccc2c3c1C=CC1=CC=CC(=CC2)C13)c1c[nH]c2cccc(O)c12. The average Bonchev–Trinajstić information content (AvgIpc) is 3.17. The second-order valence-corrected chi connectivity index (χ2v) is 8.01. The van der Waals surface area contributed by atoms with Gasteiger partial charge in [-0.25, -0.2) is 0 Å². The van der Waals surface area contributed by atoms with Crippen LogP contribution in [0.2, 0.25) is 0 Å². The Morgan fingerprint density at radius 1 is 1.04 bits per heavy atom. The number of aromatic amines is 1. The minimum atomic E-state index is 0.186. The van der Waals surface area contributed by atoms with Crippen LogP contribution in [0.3, 0.4) is 0 Å². The average molecular weight is 363 g/mol. The Hall–Kier alpha value is -3.26. The Balaban J connectivity index is 1.56.